The van der Waals surface area contributed by atoms with Gasteiger partial charge in [-0.1, -0.05) is 6.92 Å². The molecule has 21 heavy (non-hydrogen) atoms. The van der Waals surface area contributed by atoms with Crippen LogP contribution in [0.2, 0.25) is 0 Å². The van der Waals surface area contributed by atoms with Gasteiger partial charge in [-0.05, 0) is 42.7 Å². The number of hydrogen-bond acceptors (Lipinski definition) is 4. The molecule has 4 nitrogen and oxygen atoms in total. The van der Waals surface area contributed by atoms with E-state index < -0.39 is 5.60 Å². The molecule has 1 N–H and O–H groups in total. The zero-order chi connectivity index (χ0) is 15.2. The number of likely N-dealkylation sites (tertiary alicyclic amines) is 1. The molecule has 2 heterocycles. The average Bonchev–Trinajstić information content (AvgIpc) is 3.10. The number of β-amino-alcohol motifs (C(OH)–C–C–N with tert-alkyl or cyclic N) is 1. The predicted molar refractivity (Wildman–Crippen MR) is 81.4 cm³/mol. The molecule has 1 aromatic rings. The van der Waals surface area contributed by atoms with E-state index in [9.17, 15) is 14.7 Å². The van der Waals surface area contributed by atoms with Crippen molar-refractivity contribution in [1.82, 2.24) is 4.90 Å². The molecule has 2 atom stereocenters. The Morgan fingerprint density at radius 2 is 2.19 bits per heavy atom. The van der Waals surface area contributed by atoms with Gasteiger partial charge in [-0.2, -0.15) is 0 Å². The average molecular weight is 307 g/mol. The van der Waals surface area contributed by atoms with E-state index in [0.717, 1.165) is 18.4 Å². The Labute approximate surface area is 128 Å². The number of thiophene rings is 1. The van der Waals surface area contributed by atoms with Crippen molar-refractivity contribution in [3.63, 3.8) is 0 Å². The molecule has 114 valence electrons. The van der Waals surface area contributed by atoms with E-state index in [1.807, 2.05) is 12.3 Å². The van der Waals surface area contributed by atoms with E-state index in [1.165, 1.54) is 18.3 Å². The SMILES string of the molecule is CC(=O)c1cc(CC(=O)N2CC(C)[C@](O)(C3CC3)C2)cs1. The highest BCUT2D eigenvalue weighted by molar-refractivity contribution is 7.12. The molecule has 1 saturated carbocycles. The summed E-state index contributed by atoms with van der Waals surface area (Å²) in [5.74, 6) is 0.600. The van der Waals surface area contributed by atoms with Crippen molar-refractivity contribution < 1.29 is 14.7 Å². The van der Waals surface area contributed by atoms with Crippen molar-refractivity contribution in [2.24, 2.45) is 11.8 Å². The summed E-state index contributed by atoms with van der Waals surface area (Å²) in [6, 6.07) is 1.80. The van der Waals surface area contributed by atoms with Gasteiger partial charge in [0.15, 0.2) is 5.78 Å². The third-order valence-corrected chi connectivity index (χ3v) is 5.86. The Hall–Kier alpha value is -1.20. The number of Topliss-reactive ketones (excluding diaryl/α,β-unsaturated/α-hetero) is 1. The first kappa shape index (κ1) is 14.7. The van der Waals surface area contributed by atoms with Crippen LogP contribution in [0.1, 0.15) is 41.9 Å². The first-order chi connectivity index (χ1) is 9.90. The van der Waals surface area contributed by atoms with Crippen molar-refractivity contribution in [2.45, 2.75) is 38.7 Å². The molecular weight excluding hydrogens is 286 g/mol. The minimum atomic E-state index is -0.686. The Bertz CT molecular complexity index is 578. The van der Waals surface area contributed by atoms with Gasteiger partial charge in [0.25, 0.3) is 0 Å². The summed E-state index contributed by atoms with van der Waals surface area (Å²) in [5, 5.41) is 12.6. The van der Waals surface area contributed by atoms with E-state index in [-0.39, 0.29) is 17.6 Å². The van der Waals surface area contributed by atoms with E-state index in [1.54, 1.807) is 11.0 Å². The lowest BCUT2D eigenvalue weighted by atomic mass is 9.88. The largest absolute Gasteiger partial charge is 0.387 e. The number of aliphatic hydroxyl groups is 1. The Balaban J connectivity index is 1.64. The number of rotatable bonds is 4. The van der Waals surface area contributed by atoms with Crippen LogP contribution in [0.5, 0.6) is 0 Å². The summed E-state index contributed by atoms with van der Waals surface area (Å²) >= 11 is 1.39. The van der Waals surface area contributed by atoms with Gasteiger partial charge in [-0.3, -0.25) is 9.59 Å². The second-order valence-corrected chi connectivity index (χ2v) is 7.40. The lowest BCUT2D eigenvalue weighted by Crippen LogP contribution is -2.40. The molecule has 1 unspecified atom stereocenters. The van der Waals surface area contributed by atoms with Gasteiger partial charge in [0.05, 0.1) is 16.9 Å². The van der Waals surface area contributed by atoms with Gasteiger partial charge in [0.1, 0.15) is 0 Å². The summed E-state index contributed by atoms with van der Waals surface area (Å²) < 4.78 is 0. The van der Waals surface area contributed by atoms with Crippen molar-refractivity contribution in [1.29, 1.82) is 0 Å². The topological polar surface area (TPSA) is 57.6 Å². The zero-order valence-corrected chi connectivity index (χ0v) is 13.3. The quantitative estimate of drug-likeness (QED) is 0.867. The number of hydrogen-bond donors (Lipinski definition) is 1. The molecule has 0 spiro atoms. The molecule has 2 aliphatic rings. The number of ketones is 1. The fourth-order valence-corrected chi connectivity index (χ4v) is 4.07. The third kappa shape index (κ3) is 2.77. The highest BCUT2D eigenvalue weighted by Gasteiger charge is 2.53. The molecule has 0 radical (unpaired) electrons. The molecule has 1 saturated heterocycles. The Kier molecular flexibility index (Phi) is 3.66. The maximum Gasteiger partial charge on any atom is 0.227 e. The van der Waals surface area contributed by atoms with Crippen LogP contribution in [0, 0.1) is 11.8 Å². The molecule has 1 aromatic heterocycles. The van der Waals surface area contributed by atoms with Gasteiger partial charge < -0.3 is 10.0 Å². The first-order valence-electron chi connectivity index (χ1n) is 7.48. The molecule has 0 bridgehead atoms. The summed E-state index contributed by atoms with van der Waals surface area (Å²) in [5.41, 5.74) is 0.208. The van der Waals surface area contributed by atoms with Crippen LogP contribution in [0.15, 0.2) is 11.4 Å². The number of carbonyl (C=O) groups is 2. The fraction of sp³-hybridized carbons (Fsp3) is 0.625. The first-order valence-corrected chi connectivity index (χ1v) is 8.36. The third-order valence-electron chi connectivity index (χ3n) is 4.78. The van der Waals surface area contributed by atoms with Gasteiger partial charge in [-0.15, -0.1) is 11.3 Å². The maximum atomic E-state index is 12.4. The molecular formula is C16H21NO3S. The standard InChI is InChI=1S/C16H21NO3S/c1-10-7-17(9-16(10,20)13-3-4-13)15(19)6-12-5-14(11(2)18)21-8-12/h5,8,10,13,20H,3-4,6-7,9H2,1-2H3/t10?,16-/m0/s1. The number of nitrogens with zero attached hydrogens (tertiary/aromatic N) is 1. The van der Waals surface area contributed by atoms with Gasteiger partial charge in [0, 0.05) is 19.0 Å². The minimum Gasteiger partial charge on any atom is -0.387 e. The lowest BCUT2D eigenvalue weighted by Gasteiger charge is -2.26. The summed E-state index contributed by atoms with van der Waals surface area (Å²) in [4.78, 5) is 26.2. The number of amides is 1. The molecule has 5 heteroatoms. The molecule has 1 aliphatic carbocycles. The second kappa shape index (κ2) is 5.21. The normalized spacial score (nSPS) is 28.9. The van der Waals surface area contributed by atoms with Gasteiger partial charge in [-0.25, -0.2) is 0 Å². The highest BCUT2D eigenvalue weighted by atomic mass is 32.1. The van der Waals surface area contributed by atoms with E-state index in [4.69, 9.17) is 0 Å². The Morgan fingerprint density at radius 1 is 1.48 bits per heavy atom. The number of carbonyl (C=O) groups excluding carboxylic acids is 2. The lowest BCUT2D eigenvalue weighted by molar-refractivity contribution is -0.130. The van der Waals surface area contributed by atoms with Crippen LogP contribution < -0.4 is 0 Å². The summed E-state index contributed by atoms with van der Waals surface area (Å²) in [7, 11) is 0. The summed E-state index contributed by atoms with van der Waals surface area (Å²) in [6.07, 6.45) is 2.47. The van der Waals surface area contributed by atoms with E-state index in [0.29, 0.717) is 30.3 Å². The fourth-order valence-electron chi connectivity index (χ4n) is 3.26. The van der Waals surface area contributed by atoms with Gasteiger partial charge >= 0.3 is 0 Å². The minimum absolute atomic E-state index is 0.0385. The summed E-state index contributed by atoms with van der Waals surface area (Å²) in [6.45, 7) is 4.66. The van der Waals surface area contributed by atoms with Crippen LogP contribution in [0.3, 0.4) is 0 Å². The molecule has 1 aliphatic heterocycles. The zero-order valence-electron chi connectivity index (χ0n) is 12.5. The predicted octanol–water partition coefficient (Wildman–Crippen LogP) is 2.11. The monoisotopic (exact) mass is 307 g/mol. The van der Waals surface area contributed by atoms with Crippen LogP contribution in [-0.4, -0.2) is 40.4 Å². The van der Waals surface area contributed by atoms with Crippen LogP contribution >= 0.6 is 11.3 Å². The van der Waals surface area contributed by atoms with E-state index >= 15 is 0 Å². The van der Waals surface area contributed by atoms with Crippen molar-refractivity contribution >= 4 is 23.0 Å². The molecule has 2 fully saturated rings. The van der Waals surface area contributed by atoms with E-state index in [2.05, 4.69) is 0 Å². The maximum absolute atomic E-state index is 12.4. The van der Waals surface area contributed by atoms with Crippen LogP contribution in [0.25, 0.3) is 0 Å². The smallest absolute Gasteiger partial charge is 0.227 e. The Morgan fingerprint density at radius 3 is 2.76 bits per heavy atom. The van der Waals surface area contributed by atoms with Crippen LogP contribution in [-0.2, 0) is 11.2 Å². The van der Waals surface area contributed by atoms with Crippen molar-refractivity contribution in [2.75, 3.05) is 13.1 Å². The van der Waals surface area contributed by atoms with Crippen LogP contribution in [0.4, 0.5) is 0 Å². The van der Waals surface area contributed by atoms with Gasteiger partial charge in [0.2, 0.25) is 5.91 Å². The highest BCUT2D eigenvalue weighted by Crippen LogP contribution is 2.47. The van der Waals surface area contributed by atoms with Crippen molar-refractivity contribution in [3.8, 4) is 0 Å². The molecule has 0 aromatic carbocycles. The molecule has 3 rings (SSSR count). The second-order valence-electron chi connectivity index (χ2n) is 6.49. The molecule has 1 amide bonds. The van der Waals surface area contributed by atoms with Crippen molar-refractivity contribution in [3.05, 3.63) is 21.9 Å².